The number of carbonyl (C=O) groups is 1. The third-order valence-electron chi connectivity index (χ3n) is 2.58. The number of carbonyl (C=O) groups excluding carboxylic acids is 1. The minimum Gasteiger partial charge on any atom is -0.463 e. The predicted octanol–water partition coefficient (Wildman–Crippen LogP) is 0.00250. The van der Waals surface area contributed by atoms with Gasteiger partial charge in [0.2, 0.25) is 17.8 Å². The SMILES string of the molecule is CCCOc1nc(NC)nc(NC2CNC(=O)C2)n1. The maximum Gasteiger partial charge on any atom is 0.323 e. The van der Waals surface area contributed by atoms with Crippen LogP contribution in [0, 0.1) is 0 Å². The molecule has 2 heterocycles. The minimum atomic E-state index is -0.00127. The van der Waals surface area contributed by atoms with Gasteiger partial charge < -0.3 is 20.7 Å². The fraction of sp³-hybridized carbons (Fsp3) is 0.636. The van der Waals surface area contributed by atoms with Gasteiger partial charge in [-0.2, -0.15) is 15.0 Å². The highest BCUT2D eigenvalue weighted by Gasteiger charge is 2.22. The zero-order chi connectivity index (χ0) is 13.7. The molecule has 3 N–H and O–H groups in total. The Balaban J connectivity index is 2.07. The van der Waals surface area contributed by atoms with Crippen LogP contribution < -0.4 is 20.7 Å². The molecule has 0 radical (unpaired) electrons. The van der Waals surface area contributed by atoms with Crippen molar-refractivity contribution in [2.75, 3.05) is 30.8 Å². The van der Waals surface area contributed by atoms with Gasteiger partial charge in [-0.15, -0.1) is 0 Å². The van der Waals surface area contributed by atoms with Crippen molar-refractivity contribution in [3.05, 3.63) is 0 Å². The maximum atomic E-state index is 11.1. The number of hydrogen-bond donors (Lipinski definition) is 3. The molecule has 1 amide bonds. The van der Waals surface area contributed by atoms with E-state index in [4.69, 9.17) is 4.74 Å². The van der Waals surface area contributed by atoms with Crippen LogP contribution in [-0.4, -0.2) is 47.1 Å². The number of rotatable bonds is 6. The molecule has 0 aliphatic carbocycles. The Morgan fingerprint density at radius 1 is 1.37 bits per heavy atom. The Kier molecular flexibility index (Phi) is 4.32. The van der Waals surface area contributed by atoms with Gasteiger partial charge in [0.1, 0.15) is 0 Å². The Morgan fingerprint density at radius 2 is 2.16 bits per heavy atom. The van der Waals surface area contributed by atoms with E-state index in [2.05, 4.69) is 30.9 Å². The van der Waals surface area contributed by atoms with E-state index < -0.39 is 0 Å². The van der Waals surface area contributed by atoms with E-state index in [0.29, 0.717) is 31.5 Å². The first kappa shape index (κ1) is 13.3. The first-order valence-corrected chi connectivity index (χ1v) is 6.31. The van der Waals surface area contributed by atoms with Gasteiger partial charge >= 0.3 is 6.01 Å². The van der Waals surface area contributed by atoms with Crippen LogP contribution in [0.15, 0.2) is 0 Å². The summed E-state index contributed by atoms with van der Waals surface area (Å²) in [7, 11) is 1.73. The van der Waals surface area contributed by atoms with Crippen LogP contribution in [0.5, 0.6) is 6.01 Å². The normalized spacial score (nSPS) is 18.0. The summed E-state index contributed by atoms with van der Waals surface area (Å²) >= 11 is 0. The van der Waals surface area contributed by atoms with E-state index in [0.717, 1.165) is 6.42 Å². The van der Waals surface area contributed by atoms with Crippen LogP contribution in [-0.2, 0) is 4.79 Å². The van der Waals surface area contributed by atoms with E-state index in [-0.39, 0.29) is 18.0 Å². The number of amides is 1. The third kappa shape index (κ3) is 3.67. The second kappa shape index (κ2) is 6.17. The summed E-state index contributed by atoms with van der Waals surface area (Å²) in [5, 5.41) is 8.70. The number of nitrogens with one attached hydrogen (secondary N) is 3. The van der Waals surface area contributed by atoms with Crippen LogP contribution in [0.3, 0.4) is 0 Å². The number of ether oxygens (including phenoxy) is 1. The predicted molar refractivity (Wildman–Crippen MR) is 70.2 cm³/mol. The van der Waals surface area contributed by atoms with Crippen molar-refractivity contribution in [1.82, 2.24) is 20.3 Å². The van der Waals surface area contributed by atoms with Gasteiger partial charge in [0.25, 0.3) is 0 Å². The molecule has 1 aromatic rings. The lowest BCUT2D eigenvalue weighted by Gasteiger charge is -2.12. The summed E-state index contributed by atoms with van der Waals surface area (Å²) in [6.07, 6.45) is 1.30. The highest BCUT2D eigenvalue weighted by molar-refractivity contribution is 5.79. The summed E-state index contributed by atoms with van der Waals surface area (Å²) in [6.45, 7) is 3.13. The number of hydrogen-bond acceptors (Lipinski definition) is 7. The van der Waals surface area contributed by atoms with E-state index in [1.165, 1.54) is 0 Å². The van der Waals surface area contributed by atoms with Crippen molar-refractivity contribution in [3.8, 4) is 6.01 Å². The lowest BCUT2D eigenvalue weighted by atomic mass is 10.3. The number of anilines is 2. The molecule has 19 heavy (non-hydrogen) atoms. The molecule has 0 saturated carbocycles. The van der Waals surface area contributed by atoms with E-state index in [1.54, 1.807) is 7.05 Å². The molecule has 1 unspecified atom stereocenters. The molecule has 1 atom stereocenters. The standard InChI is InChI=1S/C11H18N6O2/c1-3-4-19-11-16-9(12-2)15-10(17-11)14-7-5-8(18)13-6-7/h7H,3-6H2,1-2H3,(H,13,18)(H2,12,14,15,16,17). The topological polar surface area (TPSA) is 101 Å². The Morgan fingerprint density at radius 3 is 2.79 bits per heavy atom. The molecule has 1 aliphatic heterocycles. The Hall–Kier alpha value is -2.12. The highest BCUT2D eigenvalue weighted by atomic mass is 16.5. The second-order valence-corrected chi connectivity index (χ2v) is 4.21. The van der Waals surface area contributed by atoms with E-state index in [1.807, 2.05) is 6.92 Å². The van der Waals surface area contributed by atoms with Crippen LogP contribution in [0.1, 0.15) is 19.8 Å². The number of nitrogens with zero attached hydrogens (tertiary/aromatic N) is 3. The second-order valence-electron chi connectivity index (χ2n) is 4.21. The Labute approximate surface area is 111 Å². The van der Waals surface area contributed by atoms with Gasteiger partial charge in [-0.05, 0) is 6.42 Å². The van der Waals surface area contributed by atoms with Crippen molar-refractivity contribution in [2.45, 2.75) is 25.8 Å². The lowest BCUT2D eigenvalue weighted by molar-refractivity contribution is -0.119. The largest absolute Gasteiger partial charge is 0.463 e. The van der Waals surface area contributed by atoms with Crippen molar-refractivity contribution >= 4 is 17.8 Å². The summed E-state index contributed by atoms with van der Waals surface area (Å²) in [4.78, 5) is 23.6. The van der Waals surface area contributed by atoms with Crippen LogP contribution in [0.4, 0.5) is 11.9 Å². The molecule has 0 bridgehead atoms. The zero-order valence-corrected chi connectivity index (χ0v) is 11.1. The fourth-order valence-corrected chi connectivity index (χ4v) is 1.68. The van der Waals surface area contributed by atoms with Crippen molar-refractivity contribution < 1.29 is 9.53 Å². The number of aromatic nitrogens is 3. The molecule has 8 nitrogen and oxygen atoms in total. The first-order valence-electron chi connectivity index (χ1n) is 6.31. The molecule has 0 aromatic carbocycles. The highest BCUT2D eigenvalue weighted by Crippen LogP contribution is 2.13. The molecule has 104 valence electrons. The maximum absolute atomic E-state index is 11.1. The molecule has 2 rings (SSSR count). The fourth-order valence-electron chi connectivity index (χ4n) is 1.68. The smallest absolute Gasteiger partial charge is 0.323 e. The summed E-state index contributed by atoms with van der Waals surface area (Å²) in [5.74, 6) is 0.871. The van der Waals surface area contributed by atoms with Crippen molar-refractivity contribution in [1.29, 1.82) is 0 Å². The zero-order valence-electron chi connectivity index (χ0n) is 11.1. The van der Waals surface area contributed by atoms with Crippen LogP contribution in [0.2, 0.25) is 0 Å². The monoisotopic (exact) mass is 266 g/mol. The van der Waals surface area contributed by atoms with Crippen LogP contribution in [0.25, 0.3) is 0 Å². The third-order valence-corrected chi connectivity index (χ3v) is 2.58. The molecular formula is C11H18N6O2. The average Bonchev–Trinajstić information content (AvgIpc) is 2.81. The van der Waals surface area contributed by atoms with Crippen LogP contribution >= 0.6 is 0 Å². The van der Waals surface area contributed by atoms with Gasteiger partial charge in [-0.1, -0.05) is 6.92 Å². The first-order chi connectivity index (χ1) is 9.21. The summed E-state index contributed by atoms with van der Waals surface area (Å²) in [5.41, 5.74) is 0. The molecule has 0 spiro atoms. The van der Waals surface area contributed by atoms with Crippen molar-refractivity contribution in [2.24, 2.45) is 0 Å². The summed E-state index contributed by atoms with van der Waals surface area (Å²) < 4.78 is 5.40. The Bertz CT molecular complexity index is 453. The van der Waals surface area contributed by atoms with Gasteiger partial charge in [0.05, 0.1) is 12.6 Å². The molecule has 1 saturated heterocycles. The average molecular weight is 266 g/mol. The summed E-state index contributed by atoms with van der Waals surface area (Å²) in [6, 6.07) is 0.277. The van der Waals surface area contributed by atoms with E-state index >= 15 is 0 Å². The minimum absolute atomic E-state index is 0.00127. The molecule has 1 fully saturated rings. The molecule has 1 aliphatic rings. The van der Waals surface area contributed by atoms with Gasteiger partial charge in [-0.3, -0.25) is 4.79 Å². The lowest BCUT2D eigenvalue weighted by Crippen LogP contribution is -2.24. The molecule has 8 heteroatoms. The van der Waals surface area contributed by atoms with Gasteiger partial charge in [0, 0.05) is 20.0 Å². The van der Waals surface area contributed by atoms with Crippen molar-refractivity contribution in [3.63, 3.8) is 0 Å². The quantitative estimate of drug-likeness (QED) is 0.666. The van der Waals surface area contributed by atoms with E-state index in [9.17, 15) is 4.79 Å². The molecular weight excluding hydrogens is 248 g/mol. The van der Waals surface area contributed by atoms with Gasteiger partial charge in [-0.25, -0.2) is 0 Å². The molecule has 1 aromatic heterocycles. The van der Waals surface area contributed by atoms with Gasteiger partial charge in [0.15, 0.2) is 0 Å².